The van der Waals surface area contributed by atoms with Crippen LogP contribution in [0.4, 0.5) is 5.69 Å². The Morgan fingerprint density at radius 2 is 2.06 bits per heavy atom. The van der Waals surface area contributed by atoms with Crippen LogP contribution in [-0.2, 0) is 0 Å². The summed E-state index contributed by atoms with van der Waals surface area (Å²) in [6, 6.07) is 7.67. The lowest BCUT2D eigenvalue weighted by atomic mass is 10.2. The van der Waals surface area contributed by atoms with Gasteiger partial charge in [-0.3, -0.25) is 4.79 Å². The highest BCUT2D eigenvalue weighted by Gasteiger charge is 2.16. The number of nitrogens with zero attached hydrogens (tertiary/aromatic N) is 1. The van der Waals surface area contributed by atoms with Gasteiger partial charge in [0, 0.05) is 24.7 Å². The van der Waals surface area contributed by atoms with Gasteiger partial charge in [0.15, 0.2) is 5.78 Å². The van der Waals surface area contributed by atoms with E-state index in [-0.39, 0.29) is 11.7 Å². The van der Waals surface area contributed by atoms with Crippen molar-refractivity contribution in [2.75, 3.05) is 12.4 Å². The summed E-state index contributed by atoms with van der Waals surface area (Å²) in [6.45, 7) is 1.77. The zero-order chi connectivity index (χ0) is 13.1. The topological polar surface area (TPSA) is 62.2 Å². The summed E-state index contributed by atoms with van der Waals surface area (Å²) in [5.41, 5.74) is 1.90. The van der Waals surface area contributed by atoms with Crippen molar-refractivity contribution in [1.82, 2.24) is 4.98 Å². The van der Waals surface area contributed by atoms with Gasteiger partial charge >= 0.3 is 0 Å². The molecule has 2 rings (SSSR count). The van der Waals surface area contributed by atoms with Gasteiger partial charge in [-0.1, -0.05) is 6.92 Å². The maximum Gasteiger partial charge on any atom is 0.233 e. The molecule has 0 bridgehead atoms. The summed E-state index contributed by atoms with van der Waals surface area (Å²) < 4.78 is 0. The third-order valence-corrected chi connectivity index (χ3v) is 3.74. The van der Waals surface area contributed by atoms with Crippen molar-refractivity contribution in [1.29, 1.82) is 0 Å². The van der Waals surface area contributed by atoms with Crippen molar-refractivity contribution in [3.8, 4) is 16.5 Å². The molecule has 18 heavy (non-hydrogen) atoms. The number of aromatic nitrogens is 1. The van der Waals surface area contributed by atoms with Crippen molar-refractivity contribution in [3.05, 3.63) is 29.1 Å². The highest BCUT2D eigenvalue weighted by atomic mass is 32.1. The van der Waals surface area contributed by atoms with Crippen LogP contribution < -0.4 is 5.32 Å². The lowest BCUT2D eigenvalue weighted by Crippen LogP contribution is -1.92. The number of carbonyl (C=O) groups is 1. The first-order chi connectivity index (χ1) is 8.65. The van der Waals surface area contributed by atoms with E-state index in [0.29, 0.717) is 16.3 Å². The van der Waals surface area contributed by atoms with Crippen LogP contribution in [0.1, 0.15) is 23.0 Å². The molecule has 5 heteroatoms. The zero-order valence-electron chi connectivity index (χ0n) is 10.2. The summed E-state index contributed by atoms with van der Waals surface area (Å²) in [7, 11) is 1.85. The van der Waals surface area contributed by atoms with Crippen LogP contribution >= 0.6 is 11.3 Å². The quantitative estimate of drug-likeness (QED) is 0.831. The summed E-state index contributed by atoms with van der Waals surface area (Å²) in [6.07, 6.45) is 0.369. The Morgan fingerprint density at radius 1 is 1.39 bits per heavy atom. The molecule has 2 N–H and O–H groups in total. The Labute approximate surface area is 109 Å². The molecule has 0 aliphatic rings. The molecule has 1 heterocycles. The summed E-state index contributed by atoms with van der Waals surface area (Å²) in [5, 5.41) is 13.3. The van der Waals surface area contributed by atoms with Crippen molar-refractivity contribution in [2.45, 2.75) is 13.3 Å². The van der Waals surface area contributed by atoms with E-state index in [1.54, 1.807) is 6.92 Å². The minimum Gasteiger partial charge on any atom is -0.492 e. The first-order valence-corrected chi connectivity index (χ1v) is 6.48. The van der Waals surface area contributed by atoms with E-state index in [1.165, 1.54) is 11.3 Å². The molecule has 94 valence electrons. The Hall–Kier alpha value is -1.88. The number of thiazole rings is 1. The van der Waals surface area contributed by atoms with Crippen LogP contribution in [0.25, 0.3) is 10.6 Å². The average molecular weight is 262 g/mol. The number of benzene rings is 1. The molecular weight excluding hydrogens is 248 g/mol. The van der Waals surface area contributed by atoms with Gasteiger partial charge in [-0.25, -0.2) is 4.98 Å². The molecule has 0 atom stereocenters. The number of anilines is 1. The largest absolute Gasteiger partial charge is 0.492 e. The van der Waals surface area contributed by atoms with Gasteiger partial charge in [0.05, 0.1) is 0 Å². The van der Waals surface area contributed by atoms with E-state index in [4.69, 9.17) is 0 Å². The SMILES string of the molecule is CCC(=O)c1sc(-c2ccc(NC)cc2)nc1O. The lowest BCUT2D eigenvalue weighted by molar-refractivity contribution is 0.0989. The fourth-order valence-corrected chi connectivity index (χ4v) is 2.53. The van der Waals surface area contributed by atoms with Gasteiger partial charge in [0.25, 0.3) is 0 Å². The Kier molecular flexibility index (Phi) is 3.62. The molecule has 1 aromatic carbocycles. The van der Waals surface area contributed by atoms with Crippen molar-refractivity contribution in [3.63, 3.8) is 0 Å². The van der Waals surface area contributed by atoms with Crippen LogP contribution in [0.5, 0.6) is 5.88 Å². The van der Waals surface area contributed by atoms with Gasteiger partial charge in [-0.2, -0.15) is 0 Å². The fraction of sp³-hybridized carbons (Fsp3) is 0.231. The average Bonchev–Trinajstić information content (AvgIpc) is 2.80. The maximum absolute atomic E-state index is 11.6. The summed E-state index contributed by atoms with van der Waals surface area (Å²) >= 11 is 1.23. The van der Waals surface area contributed by atoms with Crippen molar-refractivity contribution >= 4 is 22.8 Å². The van der Waals surface area contributed by atoms with E-state index < -0.39 is 0 Å². The predicted octanol–water partition coefficient (Wildman–Crippen LogP) is 3.15. The van der Waals surface area contributed by atoms with Gasteiger partial charge in [-0.15, -0.1) is 11.3 Å². The van der Waals surface area contributed by atoms with Crippen LogP contribution in [0.3, 0.4) is 0 Å². The molecule has 0 unspecified atom stereocenters. The second-order valence-electron chi connectivity index (χ2n) is 3.78. The second kappa shape index (κ2) is 5.18. The van der Waals surface area contributed by atoms with E-state index in [2.05, 4.69) is 10.3 Å². The Morgan fingerprint density at radius 3 is 2.61 bits per heavy atom. The van der Waals surface area contributed by atoms with E-state index >= 15 is 0 Å². The first-order valence-electron chi connectivity index (χ1n) is 5.67. The number of Topliss-reactive ketones (excluding diaryl/α,β-unsaturated/α-hetero) is 1. The van der Waals surface area contributed by atoms with E-state index in [0.717, 1.165) is 11.3 Å². The Bertz CT molecular complexity index is 561. The van der Waals surface area contributed by atoms with Gasteiger partial charge in [-0.05, 0) is 24.3 Å². The normalized spacial score (nSPS) is 10.3. The molecule has 0 radical (unpaired) electrons. The molecule has 0 saturated heterocycles. The molecule has 1 aromatic heterocycles. The number of hydrogen-bond donors (Lipinski definition) is 2. The smallest absolute Gasteiger partial charge is 0.233 e. The van der Waals surface area contributed by atoms with Crippen LogP contribution in [0.15, 0.2) is 24.3 Å². The first kappa shape index (κ1) is 12.6. The molecule has 0 aliphatic heterocycles. The van der Waals surface area contributed by atoms with Gasteiger partial charge in [0.1, 0.15) is 9.88 Å². The van der Waals surface area contributed by atoms with E-state index in [1.807, 2.05) is 31.3 Å². The molecule has 0 fully saturated rings. The summed E-state index contributed by atoms with van der Waals surface area (Å²) in [5.74, 6) is -0.248. The highest BCUT2D eigenvalue weighted by molar-refractivity contribution is 7.17. The zero-order valence-corrected chi connectivity index (χ0v) is 11.0. The third-order valence-electron chi connectivity index (χ3n) is 2.60. The number of carbonyl (C=O) groups excluding carboxylic acids is 1. The van der Waals surface area contributed by atoms with Gasteiger partial charge in [0.2, 0.25) is 5.88 Å². The number of rotatable bonds is 4. The second-order valence-corrected chi connectivity index (χ2v) is 4.77. The molecular formula is C13H14N2O2S. The fourth-order valence-electron chi connectivity index (χ4n) is 1.56. The Balaban J connectivity index is 2.36. The molecule has 4 nitrogen and oxygen atoms in total. The van der Waals surface area contributed by atoms with Crippen molar-refractivity contribution in [2.24, 2.45) is 0 Å². The minimum atomic E-state index is -0.167. The molecule has 0 aliphatic carbocycles. The molecule has 0 spiro atoms. The highest BCUT2D eigenvalue weighted by Crippen LogP contribution is 2.32. The van der Waals surface area contributed by atoms with Crippen LogP contribution in [0.2, 0.25) is 0 Å². The number of hydrogen-bond acceptors (Lipinski definition) is 5. The van der Waals surface area contributed by atoms with Crippen LogP contribution in [0, 0.1) is 0 Å². The third kappa shape index (κ3) is 2.36. The minimum absolute atomic E-state index is 0.0805. The van der Waals surface area contributed by atoms with Crippen LogP contribution in [-0.4, -0.2) is 22.9 Å². The lowest BCUT2D eigenvalue weighted by Gasteiger charge is -2.00. The van der Waals surface area contributed by atoms with Gasteiger partial charge < -0.3 is 10.4 Å². The molecule has 0 saturated carbocycles. The monoisotopic (exact) mass is 262 g/mol. The molecule has 2 aromatic rings. The summed E-state index contributed by atoms with van der Waals surface area (Å²) in [4.78, 5) is 16.0. The predicted molar refractivity (Wildman–Crippen MR) is 73.4 cm³/mol. The van der Waals surface area contributed by atoms with Crippen molar-refractivity contribution < 1.29 is 9.90 Å². The van der Waals surface area contributed by atoms with E-state index in [9.17, 15) is 9.90 Å². The molecule has 0 amide bonds. The maximum atomic E-state index is 11.6. The standard InChI is InChI=1S/C13H14N2O2S/c1-3-10(16)11-12(17)15-13(18-11)8-4-6-9(14-2)7-5-8/h4-7,14,17H,3H2,1-2H3. The number of aromatic hydroxyl groups is 1. The number of ketones is 1. The number of nitrogens with one attached hydrogen (secondary N) is 1.